The lowest BCUT2D eigenvalue weighted by Crippen LogP contribution is -1.91. The molecule has 0 saturated carbocycles. The molecule has 2 heteroatoms. The normalized spacial score (nSPS) is 11.1. The Morgan fingerprint density at radius 1 is 0.762 bits per heavy atom. The summed E-state index contributed by atoms with van der Waals surface area (Å²) in [6.07, 6.45) is 1.86. The number of nitrogens with zero attached hydrogens (tertiary/aromatic N) is 2. The molecule has 0 unspecified atom stereocenters. The van der Waals surface area contributed by atoms with Crippen molar-refractivity contribution in [1.82, 2.24) is 9.97 Å². The van der Waals surface area contributed by atoms with Gasteiger partial charge in [0.15, 0.2) is 0 Å². The van der Waals surface area contributed by atoms with Crippen LogP contribution in [0.4, 0.5) is 0 Å². The molecule has 0 atom stereocenters. The minimum absolute atomic E-state index is 0.927. The van der Waals surface area contributed by atoms with Gasteiger partial charge in [0.2, 0.25) is 0 Å². The standard InChI is InChI=1S/C19H14N2/c1-13-6-2-5-9-16(13)19-12-20-17-10-14-7-3-4-8-15(14)11-18(17)21-19/h2-12H,1H3. The first-order valence-electron chi connectivity index (χ1n) is 7.03. The fourth-order valence-electron chi connectivity index (χ4n) is 2.69. The zero-order chi connectivity index (χ0) is 14.2. The van der Waals surface area contributed by atoms with Crippen LogP contribution in [0.3, 0.4) is 0 Å². The van der Waals surface area contributed by atoms with Gasteiger partial charge in [-0.15, -0.1) is 0 Å². The van der Waals surface area contributed by atoms with Crippen molar-refractivity contribution < 1.29 is 0 Å². The average Bonchev–Trinajstić information content (AvgIpc) is 2.53. The average molecular weight is 270 g/mol. The van der Waals surface area contributed by atoms with E-state index in [1.54, 1.807) is 0 Å². The number of aromatic nitrogens is 2. The number of hydrogen-bond donors (Lipinski definition) is 0. The van der Waals surface area contributed by atoms with Gasteiger partial charge in [0.1, 0.15) is 0 Å². The minimum Gasteiger partial charge on any atom is -0.252 e. The van der Waals surface area contributed by atoms with Gasteiger partial charge in [-0.2, -0.15) is 0 Å². The Balaban J connectivity index is 1.97. The number of aryl methyl sites for hydroxylation is 1. The molecule has 4 aromatic rings. The highest BCUT2D eigenvalue weighted by molar-refractivity contribution is 5.95. The minimum atomic E-state index is 0.927. The molecular weight excluding hydrogens is 256 g/mol. The Bertz CT molecular complexity index is 958. The quantitative estimate of drug-likeness (QED) is 0.466. The highest BCUT2D eigenvalue weighted by Crippen LogP contribution is 2.25. The van der Waals surface area contributed by atoms with Gasteiger partial charge in [0.25, 0.3) is 0 Å². The predicted octanol–water partition coefficient (Wildman–Crippen LogP) is 4.76. The van der Waals surface area contributed by atoms with Crippen LogP contribution in [0.25, 0.3) is 33.1 Å². The lowest BCUT2D eigenvalue weighted by Gasteiger charge is -2.06. The summed E-state index contributed by atoms with van der Waals surface area (Å²) >= 11 is 0. The summed E-state index contributed by atoms with van der Waals surface area (Å²) in [4.78, 5) is 9.38. The molecule has 0 spiro atoms. The molecule has 2 nitrogen and oxygen atoms in total. The van der Waals surface area contributed by atoms with E-state index in [-0.39, 0.29) is 0 Å². The molecule has 0 amide bonds. The van der Waals surface area contributed by atoms with E-state index < -0.39 is 0 Å². The summed E-state index contributed by atoms with van der Waals surface area (Å²) in [6.45, 7) is 2.10. The number of fused-ring (bicyclic) bond motifs is 2. The third-order valence-corrected chi connectivity index (χ3v) is 3.83. The van der Waals surface area contributed by atoms with Gasteiger partial charge >= 0.3 is 0 Å². The third kappa shape index (κ3) is 2.05. The van der Waals surface area contributed by atoms with Crippen molar-refractivity contribution in [2.75, 3.05) is 0 Å². The number of rotatable bonds is 1. The molecule has 0 bridgehead atoms. The molecular formula is C19H14N2. The molecule has 1 heterocycles. The van der Waals surface area contributed by atoms with E-state index in [9.17, 15) is 0 Å². The molecule has 0 aliphatic carbocycles. The van der Waals surface area contributed by atoms with Crippen molar-refractivity contribution in [3.8, 4) is 11.3 Å². The molecule has 21 heavy (non-hydrogen) atoms. The van der Waals surface area contributed by atoms with Crippen molar-refractivity contribution in [3.63, 3.8) is 0 Å². The molecule has 1 aromatic heterocycles. The van der Waals surface area contributed by atoms with Crippen LogP contribution in [0, 0.1) is 6.92 Å². The lowest BCUT2D eigenvalue weighted by atomic mass is 10.1. The van der Waals surface area contributed by atoms with Gasteiger partial charge in [-0.1, -0.05) is 48.5 Å². The Morgan fingerprint density at radius 2 is 1.43 bits per heavy atom. The molecule has 100 valence electrons. The molecule has 3 aromatic carbocycles. The second kappa shape index (κ2) is 4.67. The van der Waals surface area contributed by atoms with Crippen molar-refractivity contribution in [3.05, 3.63) is 72.4 Å². The maximum Gasteiger partial charge on any atom is 0.0900 e. The van der Waals surface area contributed by atoms with Crippen LogP contribution in [-0.4, -0.2) is 9.97 Å². The Hall–Kier alpha value is -2.74. The Kier molecular flexibility index (Phi) is 2.68. The van der Waals surface area contributed by atoms with E-state index in [0.29, 0.717) is 0 Å². The van der Waals surface area contributed by atoms with Crippen LogP contribution < -0.4 is 0 Å². The van der Waals surface area contributed by atoms with Gasteiger partial charge in [0, 0.05) is 5.56 Å². The molecule has 0 N–H and O–H groups in total. The second-order valence-corrected chi connectivity index (χ2v) is 5.26. The van der Waals surface area contributed by atoms with Crippen molar-refractivity contribution in [2.45, 2.75) is 6.92 Å². The fraction of sp³-hybridized carbons (Fsp3) is 0.0526. The smallest absolute Gasteiger partial charge is 0.0900 e. The predicted molar refractivity (Wildman–Crippen MR) is 87.2 cm³/mol. The number of benzene rings is 3. The van der Waals surface area contributed by atoms with E-state index in [1.165, 1.54) is 16.3 Å². The van der Waals surface area contributed by atoms with E-state index in [2.05, 4.69) is 48.3 Å². The SMILES string of the molecule is Cc1ccccc1-c1cnc2cc3ccccc3cc2n1. The largest absolute Gasteiger partial charge is 0.252 e. The van der Waals surface area contributed by atoms with Gasteiger partial charge in [-0.05, 0) is 35.4 Å². The maximum atomic E-state index is 4.79. The number of hydrogen-bond acceptors (Lipinski definition) is 2. The van der Waals surface area contributed by atoms with Crippen molar-refractivity contribution in [2.24, 2.45) is 0 Å². The van der Waals surface area contributed by atoms with Crippen LogP contribution in [-0.2, 0) is 0 Å². The van der Waals surface area contributed by atoms with Crippen LogP contribution in [0.1, 0.15) is 5.56 Å². The van der Waals surface area contributed by atoms with Crippen LogP contribution >= 0.6 is 0 Å². The van der Waals surface area contributed by atoms with E-state index >= 15 is 0 Å². The van der Waals surface area contributed by atoms with E-state index in [1.807, 2.05) is 30.5 Å². The highest BCUT2D eigenvalue weighted by Gasteiger charge is 2.06. The topological polar surface area (TPSA) is 25.8 Å². The van der Waals surface area contributed by atoms with Crippen LogP contribution in [0.5, 0.6) is 0 Å². The first kappa shape index (κ1) is 12.0. The second-order valence-electron chi connectivity index (χ2n) is 5.26. The van der Waals surface area contributed by atoms with Gasteiger partial charge < -0.3 is 0 Å². The summed E-state index contributed by atoms with van der Waals surface area (Å²) in [7, 11) is 0. The fourth-order valence-corrected chi connectivity index (χ4v) is 2.69. The maximum absolute atomic E-state index is 4.79. The monoisotopic (exact) mass is 270 g/mol. The zero-order valence-electron chi connectivity index (χ0n) is 11.7. The van der Waals surface area contributed by atoms with E-state index in [4.69, 9.17) is 4.98 Å². The molecule has 0 fully saturated rings. The molecule has 0 aliphatic rings. The Labute approximate surface area is 123 Å². The zero-order valence-corrected chi connectivity index (χ0v) is 11.7. The van der Waals surface area contributed by atoms with Gasteiger partial charge in [-0.25, -0.2) is 4.98 Å². The van der Waals surface area contributed by atoms with Crippen molar-refractivity contribution in [1.29, 1.82) is 0 Å². The summed E-state index contributed by atoms with van der Waals surface area (Å²) < 4.78 is 0. The molecule has 4 rings (SSSR count). The van der Waals surface area contributed by atoms with Gasteiger partial charge in [-0.3, -0.25) is 4.98 Å². The first-order chi connectivity index (χ1) is 10.3. The molecule has 0 radical (unpaired) electrons. The summed E-state index contributed by atoms with van der Waals surface area (Å²) in [5.74, 6) is 0. The summed E-state index contributed by atoms with van der Waals surface area (Å²) in [5.41, 5.74) is 5.16. The van der Waals surface area contributed by atoms with E-state index in [0.717, 1.165) is 22.3 Å². The Morgan fingerprint density at radius 3 is 2.19 bits per heavy atom. The van der Waals surface area contributed by atoms with Crippen molar-refractivity contribution >= 4 is 21.8 Å². The summed E-state index contributed by atoms with van der Waals surface area (Å²) in [6, 6.07) is 20.8. The highest BCUT2D eigenvalue weighted by atomic mass is 14.8. The van der Waals surface area contributed by atoms with Gasteiger partial charge in [0.05, 0.1) is 22.9 Å². The first-order valence-corrected chi connectivity index (χ1v) is 7.03. The third-order valence-electron chi connectivity index (χ3n) is 3.83. The molecule has 0 saturated heterocycles. The molecule has 0 aliphatic heterocycles. The lowest BCUT2D eigenvalue weighted by molar-refractivity contribution is 1.28. The summed E-state index contributed by atoms with van der Waals surface area (Å²) in [5, 5.41) is 2.39. The van der Waals surface area contributed by atoms with Crippen LogP contribution in [0.15, 0.2) is 66.9 Å². The van der Waals surface area contributed by atoms with Crippen LogP contribution in [0.2, 0.25) is 0 Å².